The van der Waals surface area contributed by atoms with Crippen LogP contribution in [0.3, 0.4) is 0 Å². The molecule has 1 saturated heterocycles. The lowest BCUT2D eigenvalue weighted by molar-refractivity contribution is 0.196. The average molecular weight is 248 g/mol. The molecule has 0 unspecified atom stereocenters. The van der Waals surface area contributed by atoms with Crippen molar-refractivity contribution in [3.05, 3.63) is 0 Å². The molecule has 0 bridgehead atoms. The van der Waals surface area contributed by atoms with Gasteiger partial charge in [-0.15, -0.1) is 0 Å². The van der Waals surface area contributed by atoms with Crippen molar-refractivity contribution in [2.45, 2.75) is 39.5 Å². The van der Waals surface area contributed by atoms with Crippen molar-refractivity contribution in [2.75, 3.05) is 25.4 Å². The first-order valence-corrected chi connectivity index (χ1v) is 7.66. The molecule has 2 N–H and O–H groups in total. The van der Waals surface area contributed by atoms with Gasteiger partial charge in [0.25, 0.3) is 0 Å². The molecule has 1 fully saturated rings. The largest absolute Gasteiger partial charge is 0.330 e. The standard InChI is InChI=1S/C11H24N2O2S/c1-11(2)5-8-13(9-6-11)16(14,15)10-4-3-7-12/h3-10,12H2,1-2H3. The summed E-state index contributed by atoms with van der Waals surface area (Å²) in [4.78, 5) is 0. The van der Waals surface area contributed by atoms with Gasteiger partial charge in [0.05, 0.1) is 5.75 Å². The van der Waals surface area contributed by atoms with Gasteiger partial charge in [-0.05, 0) is 37.6 Å². The molecule has 0 atom stereocenters. The first kappa shape index (κ1) is 13.9. The molecule has 96 valence electrons. The SMILES string of the molecule is CC1(C)CCN(S(=O)(=O)CCCCN)CC1. The summed E-state index contributed by atoms with van der Waals surface area (Å²) in [5.41, 5.74) is 5.66. The summed E-state index contributed by atoms with van der Waals surface area (Å²) >= 11 is 0. The third-order valence-electron chi connectivity index (χ3n) is 3.33. The molecule has 1 rings (SSSR count). The maximum absolute atomic E-state index is 12.0. The summed E-state index contributed by atoms with van der Waals surface area (Å²) in [6.07, 6.45) is 3.39. The van der Waals surface area contributed by atoms with E-state index in [9.17, 15) is 8.42 Å². The van der Waals surface area contributed by atoms with E-state index in [1.54, 1.807) is 4.31 Å². The van der Waals surface area contributed by atoms with Crippen LogP contribution in [0.1, 0.15) is 39.5 Å². The summed E-state index contributed by atoms with van der Waals surface area (Å²) in [7, 11) is -3.03. The number of hydrogen-bond donors (Lipinski definition) is 1. The Morgan fingerprint density at radius 2 is 1.75 bits per heavy atom. The number of unbranched alkanes of at least 4 members (excludes halogenated alkanes) is 1. The lowest BCUT2D eigenvalue weighted by Gasteiger charge is -2.36. The van der Waals surface area contributed by atoms with Crippen molar-refractivity contribution in [1.29, 1.82) is 0 Å². The van der Waals surface area contributed by atoms with Crippen LogP contribution in [0.4, 0.5) is 0 Å². The van der Waals surface area contributed by atoms with Crippen LogP contribution >= 0.6 is 0 Å². The quantitative estimate of drug-likeness (QED) is 0.743. The van der Waals surface area contributed by atoms with E-state index in [0.29, 0.717) is 31.5 Å². The molecule has 0 aromatic heterocycles. The first-order valence-electron chi connectivity index (χ1n) is 6.05. The molecular formula is C11H24N2O2S. The topological polar surface area (TPSA) is 63.4 Å². The van der Waals surface area contributed by atoms with Crippen molar-refractivity contribution in [1.82, 2.24) is 4.31 Å². The van der Waals surface area contributed by atoms with E-state index in [1.165, 1.54) is 0 Å². The summed E-state index contributed by atoms with van der Waals surface area (Å²) in [6.45, 7) is 6.33. The smallest absolute Gasteiger partial charge is 0.214 e. The number of rotatable bonds is 5. The summed E-state index contributed by atoms with van der Waals surface area (Å²) in [6, 6.07) is 0. The van der Waals surface area contributed by atoms with Crippen LogP contribution < -0.4 is 5.73 Å². The number of sulfonamides is 1. The van der Waals surface area contributed by atoms with Gasteiger partial charge in [0, 0.05) is 13.1 Å². The fraction of sp³-hybridized carbons (Fsp3) is 1.00. The van der Waals surface area contributed by atoms with E-state index in [0.717, 1.165) is 19.3 Å². The van der Waals surface area contributed by atoms with Gasteiger partial charge < -0.3 is 5.73 Å². The van der Waals surface area contributed by atoms with Crippen molar-refractivity contribution in [3.63, 3.8) is 0 Å². The molecule has 1 aliphatic heterocycles. The zero-order valence-electron chi connectivity index (χ0n) is 10.4. The van der Waals surface area contributed by atoms with Crippen LogP contribution in [-0.2, 0) is 10.0 Å². The second kappa shape index (κ2) is 5.47. The van der Waals surface area contributed by atoms with Crippen molar-refractivity contribution < 1.29 is 8.42 Å². The van der Waals surface area contributed by atoms with Gasteiger partial charge in [0.2, 0.25) is 10.0 Å². The summed E-state index contributed by atoms with van der Waals surface area (Å²) in [5, 5.41) is 0. The van der Waals surface area contributed by atoms with Gasteiger partial charge in [-0.25, -0.2) is 12.7 Å². The third-order valence-corrected chi connectivity index (χ3v) is 5.28. The van der Waals surface area contributed by atoms with Gasteiger partial charge in [0.1, 0.15) is 0 Å². The van der Waals surface area contributed by atoms with Crippen LogP contribution in [0, 0.1) is 5.41 Å². The molecule has 0 amide bonds. The minimum Gasteiger partial charge on any atom is -0.330 e. The molecular weight excluding hydrogens is 224 g/mol. The minimum atomic E-state index is -3.03. The molecule has 0 radical (unpaired) electrons. The highest BCUT2D eigenvalue weighted by Crippen LogP contribution is 2.30. The predicted octanol–water partition coefficient (Wildman–Crippen LogP) is 1.18. The molecule has 0 aliphatic carbocycles. The predicted molar refractivity (Wildman–Crippen MR) is 66.7 cm³/mol. The Morgan fingerprint density at radius 1 is 1.19 bits per heavy atom. The Kier molecular flexibility index (Phi) is 4.76. The van der Waals surface area contributed by atoms with Crippen molar-refractivity contribution >= 4 is 10.0 Å². The van der Waals surface area contributed by atoms with Gasteiger partial charge in [-0.2, -0.15) is 0 Å². The molecule has 5 heteroatoms. The fourth-order valence-corrected chi connectivity index (χ4v) is 3.49. The lowest BCUT2D eigenvalue weighted by Crippen LogP contribution is -2.42. The van der Waals surface area contributed by atoms with Crippen LogP contribution in [-0.4, -0.2) is 38.1 Å². The Bertz CT molecular complexity index is 302. The Balaban J connectivity index is 2.45. The maximum Gasteiger partial charge on any atom is 0.214 e. The van der Waals surface area contributed by atoms with E-state index in [4.69, 9.17) is 5.73 Å². The molecule has 0 spiro atoms. The lowest BCUT2D eigenvalue weighted by atomic mass is 9.83. The normalized spacial score (nSPS) is 22.2. The third kappa shape index (κ3) is 4.03. The molecule has 0 aromatic rings. The van der Waals surface area contributed by atoms with Crippen molar-refractivity contribution in [2.24, 2.45) is 11.1 Å². The molecule has 16 heavy (non-hydrogen) atoms. The zero-order valence-corrected chi connectivity index (χ0v) is 11.2. The van der Waals surface area contributed by atoms with Crippen LogP contribution in [0.5, 0.6) is 0 Å². The number of hydrogen-bond acceptors (Lipinski definition) is 3. The highest BCUT2D eigenvalue weighted by Gasteiger charge is 2.31. The minimum absolute atomic E-state index is 0.255. The summed E-state index contributed by atoms with van der Waals surface area (Å²) in [5.74, 6) is 0.255. The van der Waals surface area contributed by atoms with E-state index >= 15 is 0 Å². The van der Waals surface area contributed by atoms with Gasteiger partial charge in [-0.3, -0.25) is 0 Å². The Hall–Kier alpha value is -0.130. The van der Waals surface area contributed by atoms with Gasteiger partial charge in [-0.1, -0.05) is 13.8 Å². The molecule has 1 heterocycles. The fourth-order valence-electron chi connectivity index (χ4n) is 1.93. The summed E-state index contributed by atoms with van der Waals surface area (Å²) < 4.78 is 25.6. The van der Waals surface area contributed by atoms with Crippen LogP contribution in [0.25, 0.3) is 0 Å². The monoisotopic (exact) mass is 248 g/mol. The van der Waals surface area contributed by atoms with Crippen molar-refractivity contribution in [3.8, 4) is 0 Å². The van der Waals surface area contributed by atoms with Crippen LogP contribution in [0.15, 0.2) is 0 Å². The zero-order chi connectivity index (χ0) is 12.2. The average Bonchev–Trinajstić information content (AvgIpc) is 2.17. The van der Waals surface area contributed by atoms with E-state index < -0.39 is 10.0 Å². The van der Waals surface area contributed by atoms with E-state index in [2.05, 4.69) is 13.8 Å². The molecule has 4 nitrogen and oxygen atoms in total. The second-order valence-electron chi connectivity index (χ2n) is 5.38. The highest BCUT2D eigenvalue weighted by atomic mass is 32.2. The number of nitrogens with zero attached hydrogens (tertiary/aromatic N) is 1. The molecule has 1 aliphatic rings. The van der Waals surface area contributed by atoms with E-state index in [1.807, 2.05) is 0 Å². The van der Waals surface area contributed by atoms with Crippen LogP contribution in [0.2, 0.25) is 0 Å². The Labute approximate surface area is 99.2 Å². The number of piperidine rings is 1. The number of nitrogens with two attached hydrogens (primary N) is 1. The second-order valence-corrected chi connectivity index (χ2v) is 7.46. The van der Waals surface area contributed by atoms with E-state index in [-0.39, 0.29) is 5.75 Å². The van der Waals surface area contributed by atoms with Gasteiger partial charge >= 0.3 is 0 Å². The highest BCUT2D eigenvalue weighted by molar-refractivity contribution is 7.89. The molecule has 0 saturated carbocycles. The molecule has 0 aromatic carbocycles. The maximum atomic E-state index is 12.0. The van der Waals surface area contributed by atoms with Gasteiger partial charge in [0.15, 0.2) is 0 Å². The Morgan fingerprint density at radius 3 is 2.25 bits per heavy atom. The first-order chi connectivity index (χ1) is 7.37.